The number of hydrogen-bond acceptors (Lipinski definition) is 6. The summed E-state index contributed by atoms with van der Waals surface area (Å²) in [4.78, 5) is 0. The molecule has 0 aliphatic heterocycles. The summed E-state index contributed by atoms with van der Waals surface area (Å²) in [7, 11) is 0. The second-order valence-electron chi connectivity index (χ2n) is 7.31. The fourth-order valence-corrected chi connectivity index (χ4v) is 2.70. The largest absolute Gasteiger partial charge is 0.494 e. The Morgan fingerprint density at radius 3 is 1.03 bits per heavy atom. The van der Waals surface area contributed by atoms with Gasteiger partial charge in [-0.3, -0.25) is 0 Å². The van der Waals surface area contributed by atoms with Gasteiger partial charge in [0.1, 0.15) is 11.5 Å². The van der Waals surface area contributed by atoms with Gasteiger partial charge in [0.2, 0.25) is 0 Å². The van der Waals surface area contributed by atoms with E-state index in [0.717, 1.165) is 73.1 Å². The van der Waals surface area contributed by atoms with Crippen molar-refractivity contribution in [1.29, 1.82) is 0 Å². The Morgan fingerprint density at radius 1 is 0.469 bits per heavy atom. The van der Waals surface area contributed by atoms with Crippen LogP contribution in [0, 0.1) is 0 Å². The summed E-state index contributed by atoms with van der Waals surface area (Å²) in [5.41, 5.74) is 3.05. The van der Waals surface area contributed by atoms with E-state index in [0.29, 0.717) is 0 Å². The highest BCUT2D eigenvalue weighted by atomic mass is 16.5. The minimum atomic E-state index is 0.736. The second-order valence-corrected chi connectivity index (χ2v) is 7.31. The number of rotatable bonds is 12. The quantitative estimate of drug-likeness (QED) is 0.213. The van der Waals surface area contributed by atoms with E-state index >= 15 is 0 Å². The van der Waals surface area contributed by atoms with Gasteiger partial charge in [-0.05, 0) is 85.6 Å². The average Bonchev–Trinajstić information content (AvgIpc) is 2.84. The summed E-state index contributed by atoms with van der Waals surface area (Å²) in [6.07, 6.45) is 4.34. The van der Waals surface area contributed by atoms with Gasteiger partial charge in [0.15, 0.2) is 0 Å². The molecule has 0 N–H and O–H groups in total. The standard InChI is InChI=1S/C26H30N4O2/c1-3-5-19-31-25-15-11-23(12-16-25)29-27-21-7-9-22(10-8-21)28-30-24-13-17-26(18-14-24)32-20-6-4-2/h7-18H,3-6,19-20H2,1-2H3. The van der Waals surface area contributed by atoms with Crippen molar-refractivity contribution in [1.82, 2.24) is 0 Å². The third-order valence-electron chi connectivity index (χ3n) is 4.62. The molecule has 0 spiro atoms. The molecule has 3 rings (SSSR count). The van der Waals surface area contributed by atoms with Crippen LogP contribution in [0.5, 0.6) is 11.5 Å². The SMILES string of the molecule is CCCCOc1ccc(N=Nc2ccc(N=Nc3ccc(OCCCC)cc3)cc2)cc1. The van der Waals surface area contributed by atoms with Crippen molar-refractivity contribution < 1.29 is 9.47 Å². The molecule has 0 fully saturated rings. The van der Waals surface area contributed by atoms with Crippen LogP contribution in [0.15, 0.2) is 93.3 Å². The summed E-state index contributed by atoms with van der Waals surface area (Å²) >= 11 is 0. The van der Waals surface area contributed by atoms with Crippen LogP contribution < -0.4 is 9.47 Å². The summed E-state index contributed by atoms with van der Waals surface area (Å²) in [6.45, 7) is 5.76. The van der Waals surface area contributed by atoms with Crippen LogP contribution in [0.2, 0.25) is 0 Å². The molecule has 6 nitrogen and oxygen atoms in total. The predicted molar refractivity (Wildman–Crippen MR) is 128 cm³/mol. The molecule has 32 heavy (non-hydrogen) atoms. The predicted octanol–water partition coefficient (Wildman–Crippen LogP) is 8.88. The van der Waals surface area contributed by atoms with Gasteiger partial charge in [-0.15, -0.1) is 0 Å². The summed E-state index contributed by atoms with van der Waals surface area (Å²) in [6, 6.07) is 22.7. The van der Waals surface area contributed by atoms with E-state index in [2.05, 4.69) is 34.3 Å². The first-order valence-corrected chi connectivity index (χ1v) is 11.2. The summed E-state index contributed by atoms with van der Waals surface area (Å²) in [5.74, 6) is 1.71. The van der Waals surface area contributed by atoms with Crippen molar-refractivity contribution in [2.24, 2.45) is 20.5 Å². The van der Waals surface area contributed by atoms with Crippen LogP contribution in [0.3, 0.4) is 0 Å². The lowest BCUT2D eigenvalue weighted by molar-refractivity contribution is 0.309. The van der Waals surface area contributed by atoms with E-state index in [1.807, 2.05) is 72.8 Å². The van der Waals surface area contributed by atoms with Crippen LogP contribution in [0.4, 0.5) is 22.7 Å². The summed E-state index contributed by atoms with van der Waals surface area (Å²) < 4.78 is 11.3. The number of hydrogen-bond donors (Lipinski definition) is 0. The van der Waals surface area contributed by atoms with Crippen LogP contribution >= 0.6 is 0 Å². The highest BCUT2D eigenvalue weighted by Gasteiger charge is 1.97. The van der Waals surface area contributed by atoms with Crippen LogP contribution in [-0.4, -0.2) is 13.2 Å². The minimum absolute atomic E-state index is 0.736. The Kier molecular flexibility index (Phi) is 9.39. The molecule has 0 aliphatic carbocycles. The fourth-order valence-electron chi connectivity index (χ4n) is 2.70. The highest BCUT2D eigenvalue weighted by Crippen LogP contribution is 2.25. The first-order valence-electron chi connectivity index (χ1n) is 11.2. The van der Waals surface area contributed by atoms with Gasteiger partial charge >= 0.3 is 0 Å². The fraction of sp³-hybridized carbons (Fsp3) is 0.308. The third-order valence-corrected chi connectivity index (χ3v) is 4.62. The van der Waals surface area contributed by atoms with E-state index in [1.165, 1.54) is 0 Å². The Hall–Kier alpha value is -3.54. The number of ether oxygens (including phenoxy) is 2. The highest BCUT2D eigenvalue weighted by molar-refractivity contribution is 5.48. The normalized spacial score (nSPS) is 11.3. The molecular formula is C26H30N4O2. The van der Waals surface area contributed by atoms with E-state index in [1.54, 1.807) is 0 Å². The van der Waals surface area contributed by atoms with Crippen LogP contribution in [0.1, 0.15) is 39.5 Å². The van der Waals surface area contributed by atoms with Gasteiger partial charge in [0, 0.05) is 0 Å². The van der Waals surface area contributed by atoms with Gasteiger partial charge in [-0.1, -0.05) is 26.7 Å². The maximum Gasteiger partial charge on any atom is 0.119 e. The zero-order chi connectivity index (χ0) is 22.4. The van der Waals surface area contributed by atoms with Crippen molar-refractivity contribution in [3.05, 3.63) is 72.8 Å². The molecule has 3 aromatic carbocycles. The second kappa shape index (κ2) is 13.0. The first kappa shape index (κ1) is 23.1. The maximum atomic E-state index is 5.66. The zero-order valence-electron chi connectivity index (χ0n) is 18.8. The van der Waals surface area contributed by atoms with E-state index < -0.39 is 0 Å². The van der Waals surface area contributed by atoms with Crippen molar-refractivity contribution in [2.75, 3.05) is 13.2 Å². The summed E-state index contributed by atoms with van der Waals surface area (Å²) in [5, 5.41) is 17.1. The topological polar surface area (TPSA) is 67.9 Å². The molecule has 166 valence electrons. The Morgan fingerprint density at radius 2 is 0.750 bits per heavy atom. The van der Waals surface area contributed by atoms with E-state index in [9.17, 15) is 0 Å². The van der Waals surface area contributed by atoms with Gasteiger partial charge in [0.05, 0.1) is 36.0 Å². The number of benzene rings is 3. The molecule has 0 bridgehead atoms. The van der Waals surface area contributed by atoms with Crippen molar-refractivity contribution in [2.45, 2.75) is 39.5 Å². The first-order chi connectivity index (χ1) is 15.8. The number of nitrogens with zero attached hydrogens (tertiary/aromatic N) is 4. The number of unbranched alkanes of at least 4 members (excludes halogenated alkanes) is 2. The Balaban J connectivity index is 1.51. The lowest BCUT2D eigenvalue weighted by atomic mass is 10.3. The lowest BCUT2D eigenvalue weighted by Crippen LogP contribution is -1.95. The van der Waals surface area contributed by atoms with E-state index in [4.69, 9.17) is 9.47 Å². The van der Waals surface area contributed by atoms with Crippen molar-refractivity contribution in [3.63, 3.8) is 0 Å². The van der Waals surface area contributed by atoms with Crippen LogP contribution in [-0.2, 0) is 0 Å². The molecule has 0 aromatic heterocycles. The van der Waals surface area contributed by atoms with Gasteiger partial charge < -0.3 is 9.47 Å². The molecule has 3 aromatic rings. The molecule has 0 radical (unpaired) electrons. The molecule has 0 unspecified atom stereocenters. The molecule has 0 heterocycles. The minimum Gasteiger partial charge on any atom is -0.494 e. The molecule has 0 amide bonds. The zero-order valence-corrected chi connectivity index (χ0v) is 18.8. The van der Waals surface area contributed by atoms with Gasteiger partial charge in [-0.25, -0.2) is 0 Å². The van der Waals surface area contributed by atoms with Gasteiger partial charge in [0.25, 0.3) is 0 Å². The third kappa shape index (κ3) is 7.95. The van der Waals surface area contributed by atoms with Crippen molar-refractivity contribution in [3.8, 4) is 11.5 Å². The smallest absolute Gasteiger partial charge is 0.119 e. The molecule has 6 heteroatoms. The molecule has 0 saturated heterocycles. The lowest BCUT2D eigenvalue weighted by Gasteiger charge is -2.04. The monoisotopic (exact) mass is 430 g/mol. The molecular weight excluding hydrogens is 400 g/mol. The Bertz CT molecular complexity index is 899. The molecule has 0 atom stereocenters. The Labute approximate surface area is 190 Å². The molecule has 0 saturated carbocycles. The molecule has 0 aliphatic rings. The van der Waals surface area contributed by atoms with E-state index in [-0.39, 0.29) is 0 Å². The van der Waals surface area contributed by atoms with Crippen molar-refractivity contribution >= 4 is 22.7 Å². The average molecular weight is 431 g/mol. The maximum absolute atomic E-state index is 5.66. The van der Waals surface area contributed by atoms with Gasteiger partial charge in [-0.2, -0.15) is 20.5 Å². The van der Waals surface area contributed by atoms with Crippen LogP contribution in [0.25, 0.3) is 0 Å². The number of azo groups is 2.